The monoisotopic (exact) mass is 444 g/mol. The summed E-state index contributed by atoms with van der Waals surface area (Å²) in [5.41, 5.74) is 1.34. The van der Waals surface area contributed by atoms with Crippen LogP contribution in [0.4, 0.5) is 5.69 Å². The molecular formula is C22H24N2O6S. The lowest BCUT2D eigenvalue weighted by Crippen LogP contribution is -2.22. The number of nitrogens with one attached hydrogen (secondary N) is 1. The molecule has 1 N–H and O–H groups in total. The van der Waals surface area contributed by atoms with Crippen molar-refractivity contribution in [1.29, 1.82) is 0 Å². The van der Waals surface area contributed by atoms with E-state index in [1.54, 1.807) is 6.07 Å². The van der Waals surface area contributed by atoms with Crippen LogP contribution in [0, 0.1) is 6.92 Å². The number of rotatable bonds is 8. The van der Waals surface area contributed by atoms with Crippen molar-refractivity contribution in [1.82, 2.24) is 4.31 Å². The Bertz CT molecular complexity index is 1170. The molecule has 1 amide bonds. The molecule has 0 spiro atoms. The highest BCUT2D eigenvalue weighted by molar-refractivity contribution is 7.89. The first-order valence-corrected chi connectivity index (χ1v) is 10.8. The molecule has 2 aromatic carbocycles. The highest BCUT2D eigenvalue weighted by Gasteiger charge is 2.21. The van der Waals surface area contributed by atoms with Crippen LogP contribution in [0.15, 0.2) is 63.9 Å². The van der Waals surface area contributed by atoms with Crippen LogP contribution < -0.4 is 14.8 Å². The minimum absolute atomic E-state index is 0.0280. The highest BCUT2D eigenvalue weighted by Crippen LogP contribution is 2.29. The number of amides is 1. The molecule has 3 rings (SSSR count). The van der Waals surface area contributed by atoms with Crippen molar-refractivity contribution in [2.45, 2.75) is 18.4 Å². The second-order valence-corrected chi connectivity index (χ2v) is 9.12. The Hall–Kier alpha value is -3.30. The van der Waals surface area contributed by atoms with Gasteiger partial charge in [0.1, 0.15) is 23.9 Å². The van der Waals surface area contributed by atoms with Crippen LogP contribution >= 0.6 is 0 Å². The molecule has 0 saturated heterocycles. The molecule has 31 heavy (non-hydrogen) atoms. The zero-order valence-corrected chi connectivity index (χ0v) is 18.5. The number of furan rings is 1. The first-order chi connectivity index (χ1) is 14.7. The van der Waals surface area contributed by atoms with Gasteiger partial charge in [-0.15, -0.1) is 0 Å². The summed E-state index contributed by atoms with van der Waals surface area (Å²) in [4.78, 5) is 12.7. The minimum atomic E-state index is -3.67. The van der Waals surface area contributed by atoms with Crippen molar-refractivity contribution < 1.29 is 27.1 Å². The third-order valence-electron chi connectivity index (χ3n) is 4.49. The molecule has 1 heterocycles. The molecule has 0 bridgehead atoms. The summed E-state index contributed by atoms with van der Waals surface area (Å²) in [5, 5.41) is 2.64. The fourth-order valence-corrected chi connectivity index (χ4v) is 3.63. The van der Waals surface area contributed by atoms with Crippen molar-refractivity contribution in [3.05, 3.63) is 71.7 Å². The summed E-state index contributed by atoms with van der Waals surface area (Å²) in [6.07, 6.45) is 0. The van der Waals surface area contributed by atoms with Gasteiger partial charge in [0.25, 0.3) is 5.91 Å². The van der Waals surface area contributed by atoms with Gasteiger partial charge >= 0.3 is 0 Å². The number of hydrogen-bond donors (Lipinski definition) is 1. The first kappa shape index (κ1) is 22.4. The third kappa shape index (κ3) is 5.25. The number of carbonyl (C=O) groups excluding carboxylic acids is 1. The van der Waals surface area contributed by atoms with Gasteiger partial charge in [-0.05, 0) is 49.4 Å². The van der Waals surface area contributed by atoms with Crippen molar-refractivity contribution >= 4 is 21.6 Å². The maximum Gasteiger partial charge on any atom is 0.291 e. The second-order valence-electron chi connectivity index (χ2n) is 6.97. The van der Waals surface area contributed by atoms with Crippen LogP contribution in [0.25, 0.3) is 0 Å². The third-order valence-corrected chi connectivity index (χ3v) is 6.30. The highest BCUT2D eigenvalue weighted by atomic mass is 32.2. The lowest BCUT2D eigenvalue weighted by molar-refractivity contribution is 0.0992. The van der Waals surface area contributed by atoms with Gasteiger partial charge in [-0.3, -0.25) is 4.79 Å². The molecule has 0 fully saturated rings. The lowest BCUT2D eigenvalue weighted by atomic mass is 10.2. The van der Waals surface area contributed by atoms with Crippen LogP contribution in [-0.2, 0) is 16.6 Å². The van der Waals surface area contributed by atoms with Gasteiger partial charge in [0.05, 0.1) is 17.7 Å². The van der Waals surface area contributed by atoms with Gasteiger partial charge in [-0.2, -0.15) is 0 Å². The summed E-state index contributed by atoms with van der Waals surface area (Å²) < 4.78 is 42.3. The summed E-state index contributed by atoms with van der Waals surface area (Å²) >= 11 is 0. The summed E-state index contributed by atoms with van der Waals surface area (Å²) in [6, 6.07) is 15.0. The number of ether oxygens (including phenoxy) is 2. The predicted octanol–water partition coefficient (Wildman–Crippen LogP) is 3.68. The number of aryl methyl sites for hydroxylation is 1. The van der Waals surface area contributed by atoms with Gasteiger partial charge in [0.15, 0.2) is 5.76 Å². The number of sulfonamides is 1. The molecule has 3 aromatic rings. The number of hydrogen-bond acceptors (Lipinski definition) is 6. The van der Waals surface area contributed by atoms with E-state index in [1.165, 1.54) is 45.5 Å². The maximum absolute atomic E-state index is 12.6. The zero-order valence-electron chi connectivity index (χ0n) is 17.7. The number of anilines is 1. The van der Waals surface area contributed by atoms with Crippen molar-refractivity contribution in [2.75, 3.05) is 26.5 Å². The van der Waals surface area contributed by atoms with E-state index in [0.717, 1.165) is 9.87 Å². The predicted molar refractivity (Wildman–Crippen MR) is 116 cm³/mol. The van der Waals surface area contributed by atoms with E-state index < -0.39 is 15.9 Å². The molecule has 164 valence electrons. The van der Waals surface area contributed by atoms with E-state index in [0.29, 0.717) is 17.3 Å². The molecule has 1 aromatic heterocycles. The van der Waals surface area contributed by atoms with E-state index in [2.05, 4.69) is 5.32 Å². The fraction of sp³-hybridized carbons (Fsp3) is 0.227. The van der Waals surface area contributed by atoms with Crippen LogP contribution in [0.2, 0.25) is 0 Å². The summed E-state index contributed by atoms with van der Waals surface area (Å²) in [6.45, 7) is 2.15. The Morgan fingerprint density at radius 1 is 1.06 bits per heavy atom. The van der Waals surface area contributed by atoms with E-state index in [9.17, 15) is 13.2 Å². The van der Waals surface area contributed by atoms with Crippen molar-refractivity contribution in [3.8, 4) is 11.5 Å². The zero-order chi connectivity index (χ0) is 22.6. The second kappa shape index (κ2) is 9.23. The van der Waals surface area contributed by atoms with Gasteiger partial charge in [0, 0.05) is 14.1 Å². The Kier molecular flexibility index (Phi) is 6.67. The summed E-state index contributed by atoms with van der Waals surface area (Å²) in [7, 11) is 0.621. The normalized spacial score (nSPS) is 11.4. The van der Waals surface area contributed by atoms with Gasteiger partial charge < -0.3 is 19.2 Å². The van der Waals surface area contributed by atoms with E-state index in [4.69, 9.17) is 13.9 Å². The first-order valence-electron chi connectivity index (χ1n) is 9.41. The van der Waals surface area contributed by atoms with Gasteiger partial charge in [-0.25, -0.2) is 12.7 Å². The molecule has 0 atom stereocenters. The lowest BCUT2D eigenvalue weighted by Gasteiger charge is -2.14. The Morgan fingerprint density at radius 3 is 2.42 bits per heavy atom. The fourth-order valence-electron chi connectivity index (χ4n) is 2.71. The van der Waals surface area contributed by atoms with Crippen LogP contribution in [0.3, 0.4) is 0 Å². The SMILES string of the molecule is COc1ccc(S(=O)(=O)N(C)C)cc1NC(=O)c1ccc(COc2ccc(C)cc2)o1. The summed E-state index contributed by atoms with van der Waals surface area (Å²) in [5.74, 6) is 1.00. The molecule has 0 aliphatic heterocycles. The molecule has 0 aliphatic carbocycles. The van der Waals surface area contributed by atoms with E-state index >= 15 is 0 Å². The smallest absolute Gasteiger partial charge is 0.291 e. The molecule has 9 heteroatoms. The quantitative estimate of drug-likeness (QED) is 0.569. The topological polar surface area (TPSA) is 98.1 Å². The Labute approximate surface area is 181 Å². The Balaban J connectivity index is 1.73. The van der Waals surface area contributed by atoms with Gasteiger partial charge in [-0.1, -0.05) is 17.7 Å². The molecule has 0 radical (unpaired) electrons. The molecule has 0 aliphatic rings. The number of nitrogens with zero attached hydrogens (tertiary/aromatic N) is 1. The minimum Gasteiger partial charge on any atom is -0.495 e. The van der Waals surface area contributed by atoms with E-state index in [-0.39, 0.29) is 22.9 Å². The van der Waals surface area contributed by atoms with Crippen LogP contribution in [-0.4, -0.2) is 39.8 Å². The van der Waals surface area contributed by atoms with Crippen molar-refractivity contribution in [3.63, 3.8) is 0 Å². The average molecular weight is 445 g/mol. The van der Waals surface area contributed by atoms with E-state index in [1.807, 2.05) is 31.2 Å². The maximum atomic E-state index is 12.6. The van der Waals surface area contributed by atoms with Gasteiger partial charge in [0.2, 0.25) is 10.0 Å². The average Bonchev–Trinajstić information content (AvgIpc) is 3.22. The largest absolute Gasteiger partial charge is 0.495 e. The van der Waals surface area contributed by atoms with Crippen molar-refractivity contribution in [2.24, 2.45) is 0 Å². The molecule has 0 saturated carbocycles. The number of benzene rings is 2. The molecule has 8 nitrogen and oxygen atoms in total. The van der Waals surface area contributed by atoms with Crippen LogP contribution in [0.5, 0.6) is 11.5 Å². The standard InChI is InChI=1S/C22H24N2O6S/c1-15-5-7-16(8-6-15)29-14-17-9-11-21(30-17)22(25)23-19-13-18(10-12-20(19)28-4)31(26,27)24(2)3/h5-13H,14H2,1-4H3,(H,23,25). The molecule has 0 unspecified atom stereocenters. The van der Waals surface area contributed by atoms with Crippen LogP contribution in [0.1, 0.15) is 21.9 Å². The molecular weight excluding hydrogens is 420 g/mol. The number of carbonyl (C=O) groups is 1. The Morgan fingerprint density at radius 2 is 1.77 bits per heavy atom. The number of methoxy groups -OCH3 is 1.